The molecule has 25 heavy (non-hydrogen) atoms. The number of nitrogens with zero attached hydrogens (tertiary/aromatic N) is 3. The van der Waals surface area contributed by atoms with Crippen LogP contribution in [-0.4, -0.2) is 45.3 Å². The van der Waals surface area contributed by atoms with Gasteiger partial charge in [-0.2, -0.15) is 0 Å². The van der Waals surface area contributed by atoms with Crippen LogP contribution in [0.1, 0.15) is 11.3 Å². The van der Waals surface area contributed by atoms with E-state index in [0.717, 1.165) is 10.2 Å². The third kappa shape index (κ3) is 6.32. The molecule has 0 amide bonds. The standard InChI is InChI=1S/C11H16BN4O7PS/c1-9-2-4-11(5-3-9)25(21,22)13-6-10-7-16(15-14-10)8-12(17)23-24(18,19)20/h2-5,7,13,17H,6,8H2,1H3,(H2,18,19,20). The minimum Gasteiger partial charge on any atom is -0.425 e. The number of aromatic nitrogens is 3. The van der Waals surface area contributed by atoms with Crippen LogP contribution in [0.25, 0.3) is 0 Å². The Morgan fingerprint density at radius 1 is 1.32 bits per heavy atom. The molecule has 2 rings (SSSR count). The van der Waals surface area contributed by atoms with Gasteiger partial charge in [0.05, 0.1) is 23.6 Å². The van der Waals surface area contributed by atoms with Gasteiger partial charge in [-0.1, -0.05) is 22.9 Å². The van der Waals surface area contributed by atoms with Gasteiger partial charge in [-0.15, -0.1) is 5.10 Å². The molecule has 0 saturated heterocycles. The lowest BCUT2D eigenvalue weighted by Gasteiger charge is -2.08. The van der Waals surface area contributed by atoms with Gasteiger partial charge in [-0.3, -0.25) is 4.68 Å². The number of aryl methyl sites for hydroxylation is 1. The summed E-state index contributed by atoms with van der Waals surface area (Å²) in [4.78, 5) is 17.3. The van der Waals surface area contributed by atoms with E-state index >= 15 is 0 Å². The molecule has 0 atom stereocenters. The van der Waals surface area contributed by atoms with Crippen molar-refractivity contribution in [3.63, 3.8) is 0 Å². The second-order valence-electron chi connectivity index (χ2n) is 5.12. The first kappa shape index (κ1) is 19.7. The van der Waals surface area contributed by atoms with Gasteiger partial charge in [0, 0.05) is 6.20 Å². The second kappa shape index (κ2) is 7.75. The van der Waals surface area contributed by atoms with Crippen LogP contribution in [0.2, 0.25) is 0 Å². The Labute approximate surface area is 144 Å². The smallest absolute Gasteiger partial charge is 0.425 e. The SMILES string of the molecule is Cc1ccc(S(=O)(=O)NCc2cn(CB(O)OP(=O)(O)O)nn2)cc1. The lowest BCUT2D eigenvalue weighted by molar-refractivity contribution is 0.258. The van der Waals surface area contributed by atoms with Gasteiger partial charge in [-0.25, -0.2) is 17.7 Å². The molecule has 2 aromatic rings. The highest BCUT2D eigenvalue weighted by Gasteiger charge is 2.26. The quantitative estimate of drug-likeness (QED) is 0.333. The van der Waals surface area contributed by atoms with Crippen molar-refractivity contribution in [2.24, 2.45) is 0 Å². The molecule has 0 aliphatic rings. The molecule has 1 aromatic carbocycles. The van der Waals surface area contributed by atoms with Crippen LogP contribution in [0.3, 0.4) is 0 Å². The molecule has 0 aliphatic carbocycles. The van der Waals surface area contributed by atoms with E-state index in [2.05, 4.69) is 19.5 Å². The van der Waals surface area contributed by atoms with E-state index in [1.807, 2.05) is 6.92 Å². The first-order chi connectivity index (χ1) is 11.5. The Bertz CT molecular complexity index is 867. The van der Waals surface area contributed by atoms with Crippen LogP contribution in [0.4, 0.5) is 0 Å². The number of benzene rings is 1. The van der Waals surface area contributed by atoms with Crippen LogP contribution >= 0.6 is 7.82 Å². The van der Waals surface area contributed by atoms with Gasteiger partial charge < -0.3 is 19.3 Å². The maximum atomic E-state index is 12.1. The fourth-order valence-electron chi connectivity index (χ4n) is 1.83. The van der Waals surface area contributed by atoms with Crippen molar-refractivity contribution in [3.05, 3.63) is 41.7 Å². The Hall–Kier alpha value is -1.60. The lowest BCUT2D eigenvalue weighted by Crippen LogP contribution is -2.24. The Morgan fingerprint density at radius 3 is 2.56 bits per heavy atom. The van der Waals surface area contributed by atoms with Gasteiger partial charge in [0.15, 0.2) is 0 Å². The molecule has 136 valence electrons. The largest absolute Gasteiger partial charge is 0.486 e. The molecule has 0 aliphatic heterocycles. The second-order valence-corrected chi connectivity index (χ2v) is 8.08. The third-order valence-corrected chi connectivity index (χ3v) is 4.90. The minimum absolute atomic E-state index is 0.107. The molecular weight excluding hydrogens is 374 g/mol. The molecule has 0 radical (unpaired) electrons. The predicted octanol–water partition coefficient (Wildman–Crippen LogP) is -0.806. The first-order valence-corrected chi connectivity index (χ1v) is 9.94. The summed E-state index contributed by atoms with van der Waals surface area (Å²) in [5.74, 6) is 0. The van der Waals surface area contributed by atoms with Gasteiger partial charge in [0.2, 0.25) is 10.0 Å². The summed E-state index contributed by atoms with van der Waals surface area (Å²) >= 11 is 0. The molecular formula is C11H16BN4O7PS. The summed E-state index contributed by atoms with van der Waals surface area (Å²) in [6.45, 7) is 1.69. The number of sulfonamides is 1. The monoisotopic (exact) mass is 390 g/mol. The molecule has 14 heteroatoms. The Balaban J connectivity index is 1.95. The number of nitrogens with one attached hydrogen (secondary N) is 1. The van der Waals surface area contributed by atoms with E-state index in [9.17, 15) is 18.0 Å². The van der Waals surface area contributed by atoms with E-state index in [-0.39, 0.29) is 23.6 Å². The zero-order valence-electron chi connectivity index (χ0n) is 13.1. The van der Waals surface area contributed by atoms with E-state index in [1.165, 1.54) is 18.3 Å². The van der Waals surface area contributed by atoms with E-state index < -0.39 is 25.0 Å². The highest BCUT2D eigenvalue weighted by atomic mass is 32.2. The Kier molecular flexibility index (Phi) is 6.11. The van der Waals surface area contributed by atoms with Crippen molar-refractivity contribution in [1.82, 2.24) is 19.7 Å². The first-order valence-electron chi connectivity index (χ1n) is 6.92. The highest BCUT2D eigenvalue weighted by molar-refractivity contribution is 7.89. The summed E-state index contributed by atoms with van der Waals surface area (Å²) in [6, 6.07) is 6.30. The maximum absolute atomic E-state index is 12.1. The van der Waals surface area contributed by atoms with Crippen molar-refractivity contribution in [1.29, 1.82) is 0 Å². The van der Waals surface area contributed by atoms with Gasteiger partial charge >= 0.3 is 14.9 Å². The highest BCUT2D eigenvalue weighted by Crippen LogP contribution is 2.36. The normalized spacial score (nSPS) is 12.3. The fourth-order valence-corrected chi connectivity index (χ4v) is 3.21. The Morgan fingerprint density at radius 2 is 1.96 bits per heavy atom. The van der Waals surface area contributed by atoms with Crippen LogP contribution in [0.15, 0.2) is 35.4 Å². The van der Waals surface area contributed by atoms with Crippen LogP contribution in [0, 0.1) is 6.92 Å². The van der Waals surface area contributed by atoms with Gasteiger partial charge in [0.1, 0.15) is 0 Å². The lowest BCUT2D eigenvalue weighted by atomic mass is 9.93. The van der Waals surface area contributed by atoms with Crippen molar-refractivity contribution in [2.45, 2.75) is 24.8 Å². The van der Waals surface area contributed by atoms with E-state index in [0.29, 0.717) is 0 Å². The average molecular weight is 390 g/mol. The minimum atomic E-state index is -4.83. The fraction of sp³-hybridized carbons (Fsp3) is 0.273. The number of rotatable bonds is 8. The molecule has 4 N–H and O–H groups in total. The maximum Gasteiger partial charge on any atom is 0.486 e. The summed E-state index contributed by atoms with van der Waals surface area (Å²) < 4.78 is 42.4. The molecule has 0 bridgehead atoms. The van der Waals surface area contributed by atoms with Crippen molar-refractivity contribution < 1.29 is 32.2 Å². The molecule has 0 spiro atoms. The van der Waals surface area contributed by atoms with Crippen LogP contribution in [0.5, 0.6) is 0 Å². The van der Waals surface area contributed by atoms with Gasteiger partial charge in [-0.05, 0) is 19.1 Å². The van der Waals surface area contributed by atoms with E-state index in [4.69, 9.17) is 9.79 Å². The van der Waals surface area contributed by atoms with Gasteiger partial charge in [0.25, 0.3) is 0 Å². The summed E-state index contributed by atoms with van der Waals surface area (Å²) in [6.07, 6.45) is 0.923. The number of hydrogen-bond acceptors (Lipinski definition) is 7. The van der Waals surface area contributed by atoms with Crippen molar-refractivity contribution >= 4 is 25.0 Å². The third-order valence-electron chi connectivity index (χ3n) is 2.96. The molecule has 11 nitrogen and oxygen atoms in total. The summed E-state index contributed by atoms with van der Waals surface area (Å²) in [7, 11) is -10.3. The van der Waals surface area contributed by atoms with Crippen molar-refractivity contribution in [3.8, 4) is 0 Å². The molecule has 1 aromatic heterocycles. The molecule has 0 unspecified atom stereocenters. The van der Waals surface area contributed by atoms with Crippen LogP contribution < -0.4 is 4.72 Å². The number of phosphoric acid groups is 1. The topological polar surface area (TPSA) is 164 Å². The zero-order chi connectivity index (χ0) is 18.7. The average Bonchev–Trinajstić information content (AvgIpc) is 2.91. The molecule has 0 fully saturated rings. The summed E-state index contributed by atoms with van der Waals surface area (Å²) in [5, 5.41) is 16.7. The number of hydrogen-bond donors (Lipinski definition) is 4. The van der Waals surface area contributed by atoms with Crippen LogP contribution in [-0.2, 0) is 32.0 Å². The predicted molar refractivity (Wildman–Crippen MR) is 86.3 cm³/mol. The van der Waals surface area contributed by atoms with Crippen molar-refractivity contribution in [2.75, 3.05) is 0 Å². The molecule has 1 heterocycles. The van der Waals surface area contributed by atoms with E-state index in [1.54, 1.807) is 12.1 Å². The summed E-state index contributed by atoms with van der Waals surface area (Å²) in [5.41, 5.74) is 1.18. The zero-order valence-corrected chi connectivity index (χ0v) is 14.8. The molecule has 0 saturated carbocycles.